The third kappa shape index (κ3) is 5.29. The minimum Gasteiger partial charge on any atom is -0.453 e. The molecule has 2 amide bonds. The molecule has 4 rings (SSSR count). The number of piperazine rings is 1. The fourth-order valence-corrected chi connectivity index (χ4v) is 5.46. The van der Waals surface area contributed by atoms with E-state index in [4.69, 9.17) is 17.0 Å². The van der Waals surface area contributed by atoms with Gasteiger partial charge in [-0.15, -0.1) is 0 Å². The number of halogens is 1. The first-order valence-corrected chi connectivity index (χ1v) is 12.5. The minimum absolute atomic E-state index is 0.147. The summed E-state index contributed by atoms with van der Waals surface area (Å²) >= 11 is 6.01. The second-order valence-corrected chi connectivity index (χ2v) is 10.3. The number of benzene rings is 3. The average molecular weight is 515 g/mol. The van der Waals surface area contributed by atoms with E-state index in [1.807, 2.05) is 0 Å². The fourth-order valence-electron chi connectivity index (χ4n) is 3.82. The Labute approximate surface area is 207 Å². The molecule has 182 valence electrons. The molecule has 2 N–H and O–H groups in total. The molecular weight excluding hydrogens is 492 g/mol. The van der Waals surface area contributed by atoms with Crippen molar-refractivity contribution in [3.05, 3.63) is 76.8 Å². The Bertz CT molecular complexity index is 1400. The number of carbonyl (C=O) groups excluding carboxylic acids is 2. The third-order valence-electron chi connectivity index (χ3n) is 5.77. The molecule has 0 aliphatic carbocycles. The number of rotatable bonds is 4. The molecule has 9 nitrogen and oxygen atoms in total. The molecule has 0 bridgehead atoms. The van der Waals surface area contributed by atoms with Crippen LogP contribution in [0.15, 0.2) is 65.6 Å². The van der Waals surface area contributed by atoms with Crippen molar-refractivity contribution in [2.75, 3.05) is 33.3 Å². The standard InChI is InChI=1S/C24H23ClN4O5S/c1-34-24(31)27-22(26)16-2-4-17(5-3-16)23(30)28-10-12-29(13-11-28)35(32,33)21-9-7-18-14-20(25)8-6-19(18)15-21/h2-9,14-15H,10-13H2,1H3,(H2,26,27,31). The van der Waals surface area contributed by atoms with Crippen molar-refractivity contribution in [3.8, 4) is 0 Å². The highest BCUT2D eigenvalue weighted by molar-refractivity contribution is 7.89. The van der Waals surface area contributed by atoms with Crippen LogP contribution < -0.4 is 5.32 Å². The summed E-state index contributed by atoms with van der Waals surface area (Å²) in [5.41, 5.74) is 0.824. The topological polar surface area (TPSA) is 120 Å². The summed E-state index contributed by atoms with van der Waals surface area (Å²) in [6.45, 7) is 0.864. The van der Waals surface area contributed by atoms with Crippen LogP contribution in [-0.2, 0) is 14.8 Å². The lowest BCUT2D eigenvalue weighted by atomic mass is 10.1. The number of carbonyl (C=O) groups is 2. The Morgan fingerprint density at radius 3 is 2.17 bits per heavy atom. The number of fused-ring (bicyclic) bond motifs is 1. The maximum Gasteiger partial charge on any atom is 0.412 e. The Morgan fingerprint density at radius 2 is 1.51 bits per heavy atom. The molecule has 0 atom stereocenters. The molecule has 35 heavy (non-hydrogen) atoms. The van der Waals surface area contributed by atoms with E-state index in [2.05, 4.69) is 10.1 Å². The zero-order chi connectivity index (χ0) is 25.2. The molecule has 3 aromatic carbocycles. The van der Waals surface area contributed by atoms with Crippen molar-refractivity contribution in [2.24, 2.45) is 0 Å². The highest BCUT2D eigenvalue weighted by atomic mass is 35.5. The van der Waals surface area contributed by atoms with Crippen LogP contribution in [0.3, 0.4) is 0 Å². The number of hydrogen-bond donors (Lipinski definition) is 2. The van der Waals surface area contributed by atoms with E-state index >= 15 is 0 Å². The highest BCUT2D eigenvalue weighted by Crippen LogP contribution is 2.25. The van der Waals surface area contributed by atoms with Gasteiger partial charge in [-0.05, 0) is 47.2 Å². The largest absolute Gasteiger partial charge is 0.453 e. The summed E-state index contributed by atoms with van der Waals surface area (Å²) in [4.78, 5) is 26.0. The first-order valence-electron chi connectivity index (χ1n) is 10.7. The van der Waals surface area contributed by atoms with E-state index < -0.39 is 16.1 Å². The lowest BCUT2D eigenvalue weighted by Gasteiger charge is -2.34. The second kappa shape index (κ2) is 10.0. The van der Waals surface area contributed by atoms with Crippen LogP contribution >= 0.6 is 11.6 Å². The number of nitrogens with one attached hydrogen (secondary N) is 2. The normalized spacial score (nSPS) is 14.5. The van der Waals surface area contributed by atoms with E-state index in [-0.39, 0.29) is 42.8 Å². The molecule has 1 aliphatic heterocycles. The molecule has 1 saturated heterocycles. The van der Waals surface area contributed by atoms with Gasteiger partial charge in [0.05, 0.1) is 12.0 Å². The van der Waals surface area contributed by atoms with E-state index in [1.54, 1.807) is 65.6 Å². The summed E-state index contributed by atoms with van der Waals surface area (Å²) < 4.78 is 32.2. The van der Waals surface area contributed by atoms with Gasteiger partial charge in [-0.25, -0.2) is 13.2 Å². The average Bonchev–Trinajstić information content (AvgIpc) is 2.87. The van der Waals surface area contributed by atoms with Crippen LogP contribution in [0.2, 0.25) is 5.02 Å². The Balaban J connectivity index is 1.40. The van der Waals surface area contributed by atoms with Crippen molar-refractivity contribution in [2.45, 2.75) is 4.90 Å². The SMILES string of the molecule is COC(=O)NC(=N)c1ccc(C(=O)N2CCN(S(=O)(=O)c3ccc4cc(Cl)ccc4c3)CC2)cc1. The van der Waals surface area contributed by atoms with Crippen LogP contribution in [0.25, 0.3) is 10.8 Å². The number of ether oxygens (including phenoxy) is 1. The maximum absolute atomic E-state index is 13.2. The van der Waals surface area contributed by atoms with Crippen LogP contribution in [0, 0.1) is 5.41 Å². The zero-order valence-corrected chi connectivity index (χ0v) is 20.4. The summed E-state index contributed by atoms with van der Waals surface area (Å²) in [5.74, 6) is -0.380. The summed E-state index contributed by atoms with van der Waals surface area (Å²) in [7, 11) is -2.51. The van der Waals surface area contributed by atoms with Crippen LogP contribution in [0.1, 0.15) is 15.9 Å². The molecule has 0 radical (unpaired) electrons. The van der Waals surface area contributed by atoms with E-state index in [9.17, 15) is 18.0 Å². The molecule has 1 heterocycles. The second-order valence-electron chi connectivity index (χ2n) is 7.92. The zero-order valence-electron chi connectivity index (χ0n) is 18.8. The Hall–Kier alpha value is -3.47. The fraction of sp³-hybridized carbons (Fsp3) is 0.208. The Kier molecular flexibility index (Phi) is 7.06. The van der Waals surface area contributed by atoms with Crippen LogP contribution in [0.4, 0.5) is 4.79 Å². The van der Waals surface area contributed by atoms with Crippen molar-refractivity contribution >= 4 is 50.2 Å². The molecule has 0 aromatic heterocycles. The highest BCUT2D eigenvalue weighted by Gasteiger charge is 2.30. The lowest BCUT2D eigenvalue weighted by Crippen LogP contribution is -2.50. The van der Waals surface area contributed by atoms with Gasteiger partial charge in [0, 0.05) is 42.3 Å². The molecule has 1 fully saturated rings. The van der Waals surface area contributed by atoms with E-state index in [1.165, 1.54) is 11.4 Å². The molecular formula is C24H23ClN4O5S. The maximum atomic E-state index is 13.2. The molecule has 0 spiro atoms. The van der Waals surface area contributed by atoms with Gasteiger partial charge >= 0.3 is 6.09 Å². The van der Waals surface area contributed by atoms with Crippen molar-refractivity contribution in [1.29, 1.82) is 5.41 Å². The molecule has 0 unspecified atom stereocenters. The van der Waals surface area contributed by atoms with Gasteiger partial charge in [-0.3, -0.25) is 15.5 Å². The summed E-state index contributed by atoms with van der Waals surface area (Å²) in [5, 5.41) is 12.3. The lowest BCUT2D eigenvalue weighted by molar-refractivity contribution is 0.0698. The predicted octanol–water partition coefficient (Wildman–Crippen LogP) is 3.32. The summed E-state index contributed by atoms with van der Waals surface area (Å²) in [6, 6.07) is 16.5. The smallest absolute Gasteiger partial charge is 0.412 e. The predicted molar refractivity (Wildman–Crippen MR) is 132 cm³/mol. The van der Waals surface area contributed by atoms with E-state index in [0.29, 0.717) is 16.1 Å². The van der Waals surface area contributed by atoms with Gasteiger partial charge in [-0.1, -0.05) is 35.9 Å². The van der Waals surface area contributed by atoms with Gasteiger partial charge in [0.2, 0.25) is 10.0 Å². The van der Waals surface area contributed by atoms with Gasteiger partial charge in [0.25, 0.3) is 5.91 Å². The van der Waals surface area contributed by atoms with Crippen LogP contribution in [-0.4, -0.2) is 68.7 Å². The van der Waals surface area contributed by atoms with Gasteiger partial charge in [0.15, 0.2) is 0 Å². The quantitative estimate of drug-likeness (QED) is 0.409. The van der Waals surface area contributed by atoms with Crippen molar-refractivity contribution < 1.29 is 22.7 Å². The number of amidine groups is 1. The molecule has 11 heteroatoms. The van der Waals surface area contributed by atoms with Crippen molar-refractivity contribution in [3.63, 3.8) is 0 Å². The minimum atomic E-state index is -3.71. The summed E-state index contributed by atoms with van der Waals surface area (Å²) in [6.07, 6.45) is -0.754. The Morgan fingerprint density at radius 1 is 0.914 bits per heavy atom. The van der Waals surface area contributed by atoms with Gasteiger partial charge in [0.1, 0.15) is 5.84 Å². The number of sulfonamides is 1. The number of hydrogen-bond acceptors (Lipinski definition) is 6. The first-order chi connectivity index (χ1) is 16.7. The molecule has 3 aromatic rings. The van der Waals surface area contributed by atoms with Crippen LogP contribution in [0.5, 0.6) is 0 Å². The molecule has 1 aliphatic rings. The monoisotopic (exact) mass is 514 g/mol. The molecule has 0 saturated carbocycles. The number of nitrogens with zero attached hydrogens (tertiary/aromatic N) is 2. The van der Waals surface area contributed by atoms with Crippen molar-refractivity contribution in [1.82, 2.24) is 14.5 Å². The first kappa shape index (κ1) is 24.6. The third-order valence-corrected chi connectivity index (χ3v) is 7.90. The number of methoxy groups -OCH3 is 1. The van der Waals surface area contributed by atoms with Gasteiger partial charge in [-0.2, -0.15) is 4.31 Å². The number of alkyl carbamates (subject to hydrolysis) is 1. The number of amides is 2. The van der Waals surface area contributed by atoms with Gasteiger partial charge < -0.3 is 9.64 Å². The van der Waals surface area contributed by atoms with E-state index in [0.717, 1.165) is 10.8 Å².